The monoisotopic (exact) mass is 228 g/mol. The Bertz CT molecular complexity index is 176. The van der Waals surface area contributed by atoms with E-state index in [1.807, 2.05) is 0 Å². The van der Waals surface area contributed by atoms with E-state index in [0.717, 1.165) is 13.0 Å². The zero-order valence-corrected chi connectivity index (χ0v) is 11.2. The standard InChI is InChI=1S/C12H28N4/c1-4-15-7-9-16(10-8-15)11-12(5-6-13)14(2)3/h12H,4-11,13H2,1-3H3. The van der Waals surface area contributed by atoms with Crippen LogP contribution in [0, 0.1) is 0 Å². The molecule has 1 atom stereocenters. The molecule has 0 aromatic carbocycles. The van der Waals surface area contributed by atoms with Crippen LogP contribution < -0.4 is 5.73 Å². The fraction of sp³-hybridized carbons (Fsp3) is 1.00. The van der Waals surface area contributed by atoms with Gasteiger partial charge in [-0.05, 0) is 33.6 Å². The van der Waals surface area contributed by atoms with Crippen LogP contribution in [0.25, 0.3) is 0 Å². The summed E-state index contributed by atoms with van der Waals surface area (Å²) in [6.07, 6.45) is 1.10. The molecule has 0 aromatic heterocycles. The van der Waals surface area contributed by atoms with Crippen LogP contribution in [0.2, 0.25) is 0 Å². The lowest BCUT2D eigenvalue weighted by Crippen LogP contribution is -2.50. The third-order valence-corrected chi connectivity index (χ3v) is 3.61. The van der Waals surface area contributed by atoms with Crippen molar-refractivity contribution >= 4 is 0 Å². The molecular weight excluding hydrogens is 200 g/mol. The van der Waals surface area contributed by atoms with Crippen LogP contribution in [0.15, 0.2) is 0 Å². The molecule has 1 rings (SSSR count). The lowest BCUT2D eigenvalue weighted by molar-refractivity contribution is 0.107. The summed E-state index contributed by atoms with van der Waals surface area (Å²) in [4.78, 5) is 7.40. The smallest absolute Gasteiger partial charge is 0.0229 e. The number of rotatable bonds is 6. The molecule has 0 radical (unpaired) electrons. The van der Waals surface area contributed by atoms with Crippen molar-refractivity contribution in [2.24, 2.45) is 5.73 Å². The molecule has 0 aliphatic carbocycles. The number of hydrogen-bond donors (Lipinski definition) is 1. The average molecular weight is 228 g/mol. The first-order chi connectivity index (χ1) is 7.67. The zero-order chi connectivity index (χ0) is 12.0. The van der Waals surface area contributed by atoms with E-state index in [2.05, 4.69) is 35.7 Å². The van der Waals surface area contributed by atoms with Gasteiger partial charge in [0.15, 0.2) is 0 Å². The number of likely N-dealkylation sites (N-methyl/N-ethyl adjacent to an activating group) is 2. The van der Waals surface area contributed by atoms with Gasteiger partial charge in [-0.15, -0.1) is 0 Å². The van der Waals surface area contributed by atoms with Gasteiger partial charge in [-0.3, -0.25) is 4.90 Å². The van der Waals surface area contributed by atoms with Crippen molar-refractivity contribution in [2.75, 3.05) is 59.9 Å². The summed E-state index contributed by atoms with van der Waals surface area (Å²) in [6.45, 7) is 10.3. The minimum Gasteiger partial charge on any atom is -0.330 e. The fourth-order valence-electron chi connectivity index (χ4n) is 2.29. The zero-order valence-electron chi connectivity index (χ0n) is 11.2. The molecule has 0 bridgehead atoms. The SMILES string of the molecule is CCN1CCN(CC(CCN)N(C)C)CC1. The normalized spacial score (nSPS) is 21.6. The second-order valence-corrected chi connectivity index (χ2v) is 4.93. The Labute approximate surface area is 100 Å². The van der Waals surface area contributed by atoms with Gasteiger partial charge in [0.1, 0.15) is 0 Å². The highest BCUT2D eigenvalue weighted by molar-refractivity contribution is 4.77. The van der Waals surface area contributed by atoms with Gasteiger partial charge in [-0.2, -0.15) is 0 Å². The lowest BCUT2D eigenvalue weighted by Gasteiger charge is -2.37. The van der Waals surface area contributed by atoms with Crippen molar-refractivity contribution in [1.29, 1.82) is 0 Å². The molecule has 1 aliphatic heterocycles. The van der Waals surface area contributed by atoms with Crippen LogP contribution in [0.1, 0.15) is 13.3 Å². The molecule has 1 fully saturated rings. The maximum Gasteiger partial charge on any atom is 0.0229 e. The molecule has 0 saturated carbocycles. The highest BCUT2D eigenvalue weighted by Crippen LogP contribution is 2.06. The maximum atomic E-state index is 5.66. The third kappa shape index (κ3) is 4.37. The summed E-state index contributed by atoms with van der Waals surface area (Å²) < 4.78 is 0. The molecule has 4 heteroatoms. The first kappa shape index (κ1) is 13.9. The number of nitrogens with zero attached hydrogens (tertiary/aromatic N) is 3. The lowest BCUT2D eigenvalue weighted by atomic mass is 10.1. The Hall–Kier alpha value is -0.160. The van der Waals surface area contributed by atoms with Crippen LogP contribution >= 0.6 is 0 Å². The molecule has 1 aliphatic rings. The number of nitrogens with two attached hydrogens (primary N) is 1. The Morgan fingerprint density at radius 1 is 1.12 bits per heavy atom. The molecular formula is C12H28N4. The molecule has 0 aromatic rings. The summed E-state index contributed by atoms with van der Waals surface area (Å²) in [5.74, 6) is 0. The summed E-state index contributed by atoms with van der Waals surface area (Å²) in [5.41, 5.74) is 5.66. The molecule has 0 amide bonds. The van der Waals surface area contributed by atoms with Crippen LogP contribution in [-0.2, 0) is 0 Å². The van der Waals surface area contributed by atoms with E-state index in [9.17, 15) is 0 Å². The van der Waals surface area contributed by atoms with E-state index >= 15 is 0 Å². The van der Waals surface area contributed by atoms with Gasteiger partial charge in [0.05, 0.1) is 0 Å². The van der Waals surface area contributed by atoms with Crippen LogP contribution in [0.5, 0.6) is 0 Å². The molecule has 1 heterocycles. The fourth-order valence-corrected chi connectivity index (χ4v) is 2.29. The summed E-state index contributed by atoms with van der Waals surface area (Å²) in [7, 11) is 4.31. The van der Waals surface area contributed by atoms with Crippen molar-refractivity contribution in [3.8, 4) is 0 Å². The number of piperazine rings is 1. The first-order valence-corrected chi connectivity index (χ1v) is 6.48. The Morgan fingerprint density at radius 3 is 2.12 bits per heavy atom. The van der Waals surface area contributed by atoms with E-state index in [-0.39, 0.29) is 0 Å². The largest absolute Gasteiger partial charge is 0.330 e. The molecule has 16 heavy (non-hydrogen) atoms. The second-order valence-electron chi connectivity index (χ2n) is 4.93. The Kier molecular flexibility index (Phi) is 6.28. The van der Waals surface area contributed by atoms with Gasteiger partial charge >= 0.3 is 0 Å². The summed E-state index contributed by atoms with van der Waals surface area (Å²) in [6, 6.07) is 0.609. The highest BCUT2D eigenvalue weighted by atomic mass is 15.3. The minimum atomic E-state index is 0.609. The van der Waals surface area contributed by atoms with Crippen molar-refractivity contribution in [3.63, 3.8) is 0 Å². The van der Waals surface area contributed by atoms with Crippen molar-refractivity contribution in [2.45, 2.75) is 19.4 Å². The first-order valence-electron chi connectivity index (χ1n) is 6.48. The third-order valence-electron chi connectivity index (χ3n) is 3.61. The molecule has 0 spiro atoms. The minimum absolute atomic E-state index is 0.609. The van der Waals surface area contributed by atoms with E-state index < -0.39 is 0 Å². The molecule has 4 nitrogen and oxygen atoms in total. The van der Waals surface area contributed by atoms with Gasteiger partial charge in [0, 0.05) is 38.8 Å². The van der Waals surface area contributed by atoms with Gasteiger partial charge < -0.3 is 15.5 Å². The van der Waals surface area contributed by atoms with Gasteiger partial charge in [-0.1, -0.05) is 6.92 Å². The summed E-state index contributed by atoms with van der Waals surface area (Å²) in [5, 5.41) is 0. The van der Waals surface area contributed by atoms with Crippen LogP contribution in [0.3, 0.4) is 0 Å². The summed E-state index contributed by atoms with van der Waals surface area (Å²) >= 11 is 0. The van der Waals surface area contributed by atoms with Crippen molar-refractivity contribution < 1.29 is 0 Å². The average Bonchev–Trinajstić information content (AvgIpc) is 2.29. The predicted molar refractivity (Wildman–Crippen MR) is 69.7 cm³/mol. The predicted octanol–water partition coefficient (Wildman–Crippen LogP) is -0.0971. The van der Waals surface area contributed by atoms with E-state index in [4.69, 9.17) is 5.73 Å². The van der Waals surface area contributed by atoms with E-state index in [1.165, 1.54) is 39.3 Å². The maximum absolute atomic E-state index is 5.66. The van der Waals surface area contributed by atoms with Gasteiger partial charge in [0.25, 0.3) is 0 Å². The highest BCUT2D eigenvalue weighted by Gasteiger charge is 2.19. The molecule has 1 saturated heterocycles. The number of hydrogen-bond acceptors (Lipinski definition) is 4. The van der Waals surface area contributed by atoms with Crippen LogP contribution in [-0.4, -0.2) is 80.7 Å². The van der Waals surface area contributed by atoms with E-state index in [0.29, 0.717) is 6.04 Å². The molecule has 2 N–H and O–H groups in total. The van der Waals surface area contributed by atoms with Crippen molar-refractivity contribution in [3.05, 3.63) is 0 Å². The second kappa shape index (κ2) is 7.22. The Balaban J connectivity index is 2.30. The van der Waals surface area contributed by atoms with Gasteiger partial charge in [-0.25, -0.2) is 0 Å². The van der Waals surface area contributed by atoms with Crippen molar-refractivity contribution in [1.82, 2.24) is 14.7 Å². The van der Waals surface area contributed by atoms with E-state index in [1.54, 1.807) is 0 Å². The molecule has 1 unspecified atom stereocenters. The Morgan fingerprint density at radius 2 is 1.69 bits per heavy atom. The topological polar surface area (TPSA) is 35.7 Å². The molecule has 96 valence electrons. The van der Waals surface area contributed by atoms with Crippen LogP contribution in [0.4, 0.5) is 0 Å². The van der Waals surface area contributed by atoms with Gasteiger partial charge in [0.2, 0.25) is 0 Å². The quantitative estimate of drug-likeness (QED) is 0.689.